The highest BCUT2D eigenvalue weighted by atomic mass is 16.3. The van der Waals surface area contributed by atoms with Gasteiger partial charge in [-0.15, -0.1) is 0 Å². The topological polar surface area (TPSA) is 16.4 Å². The van der Waals surface area contributed by atoms with Gasteiger partial charge in [-0.05, 0) is 75.8 Å². The van der Waals surface area contributed by atoms with Crippen LogP contribution in [0.15, 0.2) is 180 Å². The van der Waals surface area contributed by atoms with Crippen molar-refractivity contribution < 1.29 is 4.42 Å². The van der Waals surface area contributed by atoms with Crippen molar-refractivity contribution in [1.82, 2.24) is 0 Å². The average molecular weight is 618 g/mol. The minimum Gasteiger partial charge on any atom is -0.456 e. The Kier molecular flexibility index (Phi) is 6.42. The molecule has 1 heterocycles. The van der Waals surface area contributed by atoms with Crippen molar-refractivity contribution in [2.24, 2.45) is 0 Å². The molecule has 9 rings (SSSR count). The third-order valence-corrected chi connectivity index (χ3v) is 10.6. The number of benzene rings is 7. The van der Waals surface area contributed by atoms with E-state index >= 15 is 0 Å². The molecule has 48 heavy (non-hydrogen) atoms. The van der Waals surface area contributed by atoms with Crippen LogP contribution in [0.1, 0.15) is 36.1 Å². The molecule has 0 saturated carbocycles. The zero-order valence-corrected chi connectivity index (χ0v) is 27.1. The molecule has 1 aliphatic carbocycles. The normalized spacial score (nSPS) is 16.4. The summed E-state index contributed by atoms with van der Waals surface area (Å²) < 4.78 is 6.33. The summed E-state index contributed by atoms with van der Waals surface area (Å²) in [4.78, 5) is 2.32. The van der Waals surface area contributed by atoms with Crippen LogP contribution in [0, 0.1) is 0 Å². The van der Waals surface area contributed by atoms with Gasteiger partial charge in [0, 0.05) is 39.3 Å². The molecule has 230 valence electrons. The fourth-order valence-corrected chi connectivity index (χ4v) is 8.47. The molecule has 1 aliphatic rings. The number of fused-ring (bicyclic) bond motifs is 6. The van der Waals surface area contributed by atoms with Crippen molar-refractivity contribution in [3.05, 3.63) is 198 Å². The Morgan fingerprint density at radius 3 is 1.69 bits per heavy atom. The Hall–Kier alpha value is -5.86. The molecule has 7 aromatic carbocycles. The monoisotopic (exact) mass is 617 g/mol. The molecule has 0 spiro atoms. The maximum atomic E-state index is 6.33. The van der Waals surface area contributed by atoms with Gasteiger partial charge in [-0.25, -0.2) is 0 Å². The molecule has 0 radical (unpaired) electrons. The zero-order chi connectivity index (χ0) is 32.3. The largest absolute Gasteiger partial charge is 0.456 e. The first kappa shape index (κ1) is 28.4. The minimum atomic E-state index is -0.428. The van der Waals surface area contributed by atoms with E-state index in [1.54, 1.807) is 0 Å². The van der Waals surface area contributed by atoms with E-state index in [-0.39, 0.29) is 5.41 Å². The number of nitrogens with zero attached hydrogens (tertiary/aromatic N) is 1. The molecule has 1 aromatic heterocycles. The molecule has 1 atom stereocenters. The van der Waals surface area contributed by atoms with Gasteiger partial charge in [-0.1, -0.05) is 141 Å². The summed E-state index contributed by atoms with van der Waals surface area (Å²) in [5, 5.41) is 2.26. The van der Waals surface area contributed by atoms with Crippen LogP contribution < -0.4 is 4.90 Å². The van der Waals surface area contributed by atoms with E-state index in [9.17, 15) is 0 Å². The summed E-state index contributed by atoms with van der Waals surface area (Å²) in [6, 6.07) is 63.7. The lowest BCUT2D eigenvalue weighted by molar-refractivity contribution is 0.353. The lowest BCUT2D eigenvalue weighted by Gasteiger charge is -2.53. The van der Waals surface area contributed by atoms with Crippen molar-refractivity contribution in [3.63, 3.8) is 0 Å². The van der Waals surface area contributed by atoms with E-state index < -0.39 is 5.41 Å². The van der Waals surface area contributed by atoms with Crippen molar-refractivity contribution in [2.75, 3.05) is 4.90 Å². The molecule has 0 aliphatic heterocycles. The first-order chi connectivity index (χ1) is 23.6. The maximum absolute atomic E-state index is 6.33. The van der Waals surface area contributed by atoms with E-state index in [1.807, 2.05) is 12.1 Å². The molecule has 0 saturated heterocycles. The first-order valence-corrected chi connectivity index (χ1v) is 16.7. The van der Waals surface area contributed by atoms with Gasteiger partial charge in [-0.2, -0.15) is 0 Å². The molecular formula is C46H35NO. The van der Waals surface area contributed by atoms with Gasteiger partial charge in [0.1, 0.15) is 11.2 Å². The summed E-state index contributed by atoms with van der Waals surface area (Å²) in [6.07, 6.45) is 0. The maximum Gasteiger partial charge on any atom is 0.137 e. The van der Waals surface area contributed by atoms with Crippen molar-refractivity contribution in [3.8, 4) is 11.1 Å². The molecule has 0 N–H and O–H groups in total. The summed E-state index contributed by atoms with van der Waals surface area (Å²) in [7, 11) is 0. The van der Waals surface area contributed by atoms with Crippen molar-refractivity contribution in [1.29, 1.82) is 0 Å². The molecular weight excluding hydrogens is 583 g/mol. The van der Waals surface area contributed by atoms with Gasteiger partial charge in [0.2, 0.25) is 0 Å². The van der Waals surface area contributed by atoms with Gasteiger partial charge < -0.3 is 9.32 Å². The highest BCUT2D eigenvalue weighted by Crippen LogP contribution is 2.60. The molecule has 2 nitrogen and oxygen atoms in total. The quantitative estimate of drug-likeness (QED) is 0.191. The number of furan rings is 1. The zero-order valence-electron chi connectivity index (χ0n) is 27.1. The van der Waals surface area contributed by atoms with Crippen LogP contribution in [-0.2, 0) is 10.8 Å². The predicted octanol–water partition coefficient (Wildman–Crippen LogP) is 12.3. The second-order valence-electron chi connectivity index (χ2n) is 13.3. The molecule has 0 amide bonds. The van der Waals surface area contributed by atoms with Crippen LogP contribution in [0.25, 0.3) is 33.1 Å². The van der Waals surface area contributed by atoms with E-state index in [2.05, 4.69) is 183 Å². The Morgan fingerprint density at radius 2 is 0.938 bits per heavy atom. The smallest absolute Gasteiger partial charge is 0.137 e. The molecule has 2 heteroatoms. The van der Waals surface area contributed by atoms with Gasteiger partial charge in [0.05, 0.1) is 5.41 Å². The third-order valence-electron chi connectivity index (χ3n) is 10.6. The van der Waals surface area contributed by atoms with Crippen molar-refractivity contribution in [2.45, 2.75) is 24.7 Å². The van der Waals surface area contributed by atoms with Gasteiger partial charge >= 0.3 is 0 Å². The average Bonchev–Trinajstić information content (AvgIpc) is 3.51. The van der Waals surface area contributed by atoms with E-state index in [1.165, 1.54) is 33.4 Å². The Labute approximate surface area is 281 Å². The highest BCUT2D eigenvalue weighted by molar-refractivity contribution is 6.06. The number of anilines is 3. The van der Waals surface area contributed by atoms with Gasteiger partial charge in [0.25, 0.3) is 0 Å². The Balaban J connectivity index is 1.25. The lowest BCUT2D eigenvalue weighted by Crippen LogP contribution is -2.49. The SMILES string of the molecule is CC1(C)c2ccccc2-c2ccccc2C1(c1ccccc1)c1ccc(N(c2ccccc2)c2ccc3c(c2)oc2ccccc23)cc1. The van der Waals surface area contributed by atoms with E-state index in [0.717, 1.165) is 39.0 Å². The fraction of sp³-hybridized carbons (Fsp3) is 0.0870. The number of hydrogen-bond acceptors (Lipinski definition) is 2. The highest BCUT2D eigenvalue weighted by Gasteiger charge is 2.54. The van der Waals surface area contributed by atoms with Gasteiger partial charge in [0.15, 0.2) is 0 Å². The third kappa shape index (κ3) is 4.06. The van der Waals surface area contributed by atoms with Crippen LogP contribution in [0.5, 0.6) is 0 Å². The van der Waals surface area contributed by atoms with Gasteiger partial charge in [-0.3, -0.25) is 0 Å². The molecule has 0 bridgehead atoms. The fourth-order valence-electron chi connectivity index (χ4n) is 8.47. The van der Waals surface area contributed by atoms with Crippen LogP contribution in [-0.4, -0.2) is 0 Å². The lowest BCUT2D eigenvalue weighted by atomic mass is 9.49. The molecule has 1 unspecified atom stereocenters. The number of para-hydroxylation sites is 2. The van der Waals surface area contributed by atoms with Crippen LogP contribution >= 0.6 is 0 Å². The Morgan fingerprint density at radius 1 is 0.417 bits per heavy atom. The van der Waals surface area contributed by atoms with Crippen molar-refractivity contribution >= 4 is 39.0 Å². The van der Waals surface area contributed by atoms with Crippen LogP contribution in [0.2, 0.25) is 0 Å². The molecule has 8 aromatic rings. The van der Waals surface area contributed by atoms with E-state index in [0.29, 0.717) is 0 Å². The second kappa shape index (κ2) is 10.9. The molecule has 0 fully saturated rings. The summed E-state index contributed by atoms with van der Waals surface area (Å²) in [6.45, 7) is 4.84. The predicted molar refractivity (Wildman–Crippen MR) is 200 cm³/mol. The van der Waals surface area contributed by atoms with E-state index in [4.69, 9.17) is 4.42 Å². The van der Waals surface area contributed by atoms with Crippen LogP contribution in [0.3, 0.4) is 0 Å². The second-order valence-corrected chi connectivity index (χ2v) is 13.3. The number of rotatable bonds is 5. The Bertz CT molecular complexity index is 2420. The number of hydrogen-bond donors (Lipinski definition) is 0. The summed E-state index contributed by atoms with van der Waals surface area (Å²) in [5.74, 6) is 0. The standard InChI is InChI=1S/C46H35NO/c1-45(2)41-22-12-9-19-37(41)38-20-10-13-23-42(38)46(45,32-15-5-3-6-16-32)33-25-27-35(28-26-33)47(34-17-7-4-8-18-34)36-29-30-40-39-21-11-14-24-43(39)48-44(40)31-36/h3-31H,1-2H3. The summed E-state index contributed by atoms with van der Waals surface area (Å²) in [5.41, 5.74) is 12.2. The van der Waals surface area contributed by atoms with Crippen LogP contribution in [0.4, 0.5) is 17.1 Å². The summed E-state index contributed by atoms with van der Waals surface area (Å²) >= 11 is 0. The minimum absolute atomic E-state index is 0.258. The first-order valence-electron chi connectivity index (χ1n) is 16.7.